The van der Waals surface area contributed by atoms with Gasteiger partial charge in [-0.15, -0.1) is 0 Å². The van der Waals surface area contributed by atoms with E-state index >= 15 is 0 Å². The lowest BCUT2D eigenvalue weighted by Crippen LogP contribution is -2.43. The van der Waals surface area contributed by atoms with Crippen LogP contribution in [-0.2, 0) is 20.9 Å². The van der Waals surface area contributed by atoms with Crippen LogP contribution >= 0.6 is 15.9 Å². The second kappa shape index (κ2) is 8.49. The predicted octanol–water partition coefficient (Wildman–Crippen LogP) is 3.87. The van der Waals surface area contributed by atoms with Crippen molar-refractivity contribution in [2.45, 2.75) is 46.7 Å². The third-order valence-electron chi connectivity index (χ3n) is 4.03. The van der Waals surface area contributed by atoms with Crippen molar-refractivity contribution in [2.24, 2.45) is 0 Å². The molecule has 26 heavy (non-hydrogen) atoms. The van der Waals surface area contributed by atoms with Crippen molar-refractivity contribution in [3.63, 3.8) is 0 Å². The fourth-order valence-corrected chi connectivity index (χ4v) is 3.48. The number of hydrogen-bond acceptors (Lipinski definition) is 4. The molecule has 1 aliphatic heterocycles. The Morgan fingerprint density at radius 3 is 2.62 bits per heavy atom. The Bertz CT molecular complexity index is 792. The molecule has 1 atom stereocenters. The highest BCUT2D eigenvalue weighted by atomic mass is 79.9. The number of aromatic nitrogens is 2. The molecule has 0 saturated carbocycles. The van der Waals surface area contributed by atoms with E-state index in [1.807, 2.05) is 36.6 Å². The molecule has 0 bridgehead atoms. The number of esters is 1. The van der Waals surface area contributed by atoms with Crippen LogP contribution in [0, 0.1) is 0 Å². The van der Waals surface area contributed by atoms with Crippen LogP contribution in [0.25, 0.3) is 5.57 Å². The largest absolute Gasteiger partial charge is 0.464 e. The highest BCUT2D eigenvalue weighted by Gasteiger charge is 2.41. The molecule has 0 fully saturated rings. The SMILES string of the molecule is C=C(C)/C=C\C=C(/CC)c1nc2n(c1Br)CC(C(=O)OCC)N2C(C)=O. The van der Waals surface area contributed by atoms with Crippen molar-refractivity contribution in [3.05, 3.63) is 40.7 Å². The molecule has 6 nitrogen and oxygen atoms in total. The molecule has 1 unspecified atom stereocenters. The van der Waals surface area contributed by atoms with Gasteiger partial charge < -0.3 is 9.30 Å². The van der Waals surface area contributed by atoms with Crippen LogP contribution in [0.5, 0.6) is 0 Å². The molecule has 7 heteroatoms. The van der Waals surface area contributed by atoms with Crippen LogP contribution in [0.1, 0.15) is 39.8 Å². The third kappa shape index (κ3) is 3.98. The van der Waals surface area contributed by atoms with Gasteiger partial charge in [-0.05, 0) is 41.8 Å². The minimum absolute atomic E-state index is 0.241. The number of halogens is 1. The highest BCUT2D eigenvalue weighted by molar-refractivity contribution is 9.10. The lowest BCUT2D eigenvalue weighted by molar-refractivity contribution is -0.145. The summed E-state index contributed by atoms with van der Waals surface area (Å²) in [5.74, 6) is -0.201. The Labute approximate surface area is 162 Å². The molecule has 1 amide bonds. The van der Waals surface area contributed by atoms with Gasteiger partial charge in [-0.2, -0.15) is 0 Å². The van der Waals surface area contributed by atoms with Gasteiger partial charge >= 0.3 is 5.97 Å². The number of carbonyl (C=O) groups excluding carboxylic acids is 2. The summed E-state index contributed by atoms with van der Waals surface area (Å²) in [5, 5.41) is 0. The first-order chi connectivity index (χ1) is 12.3. The van der Waals surface area contributed by atoms with E-state index in [-0.39, 0.29) is 12.5 Å². The van der Waals surface area contributed by atoms with Gasteiger partial charge in [-0.3, -0.25) is 9.69 Å². The molecule has 1 aromatic heterocycles. The highest BCUT2D eigenvalue weighted by Crippen LogP contribution is 2.36. The molecule has 1 aliphatic rings. The first kappa shape index (κ1) is 20.2. The van der Waals surface area contributed by atoms with Gasteiger partial charge in [0.15, 0.2) is 6.04 Å². The van der Waals surface area contributed by atoms with Crippen LogP contribution < -0.4 is 4.90 Å². The number of anilines is 1. The smallest absolute Gasteiger partial charge is 0.331 e. The summed E-state index contributed by atoms with van der Waals surface area (Å²) >= 11 is 3.58. The van der Waals surface area contributed by atoms with Gasteiger partial charge in [0, 0.05) is 6.92 Å². The minimum atomic E-state index is -0.683. The molecule has 2 heterocycles. The maximum Gasteiger partial charge on any atom is 0.331 e. The zero-order valence-electron chi connectivity index (χ0n) is 15.6. The molecule has 0 N–H and O–H groups in total. The minimum Gasteiger partial charge on any atom is -0.464 e. The molecule has 0 aromatic carbocycles. The van der Waals surface area contributed by atoms with Crippen LogP contribution in [0.3, 0.4) is 0 Å². The number of allylic oxidation sites excluding steroid dienone is 5. The topological polar surface area (TPSA) is 64.4 Å². The summed E-state index contributed by atoms with van der Waals surface area (Å²) in [7, 11) is 0. The third-order valence-corrected chi connectivity index (χ3v) is 4.83. The van der Waals surface area contributed by atoms with E-state index in [0.29, 0.717) is 12.5 Å². The van der Waals surface area contributed by atoms with Gasteiger partial charge in [-0.25, -0.2) is 9.78 Å². The van der Waals surface area contributed by atoms with Crippen molar-refractivity contribution in [1.82, 2.24) is 9.55 Å². The summed E-state index contributed by atoms with van der Waals surface area (Å²) < 4.78 is 7.69. The Kier molecular flexibility index (Phi) is 6.58. The fraction of sp³-hybridized carbons (Fsp3) is 0.421. The number of hydrogen-bond donors (Lipinski definition) is 0. The number of ether oxygens (including phenoxy) is 1. The number of imidazole rings is 1. The maximum absolute atomic E-state index is 12.2. The second-order valence-corrected chi connectivity index (χ2v) is 6.82. The monoisotopic (exact) mass is 421 g/mol. The molecule has 0 radical (unpaired) electrons. The molecule has 1 aromatic rings. The average Bonchev–Trinajstić information content (AvgIpc) is 3.09. The van der Waals surface area contributed by atoms with Gasteiger partial charge in [-0.1, -0.05) is 37.3 Å². The van der Waals surface area contributed by atoms with Crippen LogP contribution in [-0.4, -0.2) is 34.1 Å². The summed E-state index contributed by atoms with van der Waals surface area (Å²) in [6, 6.07) is -0.683. The van der Waals surface area contributed by atoms with Crippen molar-refractivity contribution < 1.29 is 14.3 Å². The number of rotatable bonds is 6. The van der Waals surface area contributed by atoms with Crippen molar-refractivity contribution in [3.8, 4) is 0 Å². The van der Waals surface area contributed by atoms with E-state index < -0.39 is 12.0 Å². The summed E-state index contributed by atoms with van der Waals surface area (Å²) in [4.78, 5) is 30.4. The lowest BCUT2D eigenvalue weighted by Gasteiger charge is -2.20. The lowest BCUT2D eigenvalue weighted by atomic mass is 10.1. The molecule has 0 saturated heterocycles. The Morgan fingerprint density at radius 2 is 2.08 bits per heavy atom. The summed E-state index contributed by atoms with van der Waals surface area (Å²) in [6.07, 6.45) is 6.61. The van der Waals surface area contributed by atoms with Crippen LogP contribution in [0.4, 0.5) is 5.95 Å². The van der Waals surface area contributed by atoms with E-state index in [1.165, 1.54) is 11.8 Å². The van der Waals surface area contributed by atoms with Gasteiger partial charge in [0.1, 0.15) is 10.3 Å². The fourth-order valence-electron chi connectivity index (χ4n) is 2.84. The van der Waals surface area contributed by atoms with Crippen molar-refractivity contribution in [1.29, 1.82) is 0 Å². The van der Waals surface area contributed by atoms with E-state index in [0.717, 1.165) is 27.9 Å². The van der Waals surface area contributed by atoms with Crippen LogP contribution in [0.2, 0.25) is 0 Å². The first-order valence-electron chi connectivity index (χ1n) is 8.57. The maximum atomic E-state index is 12.2. The summed E-state index contributed by atoms with van der Waals surface area (Å²) in [5.41, 5.74) is 2.75. The van der Waals surface area contributed by atoms with Crippen LogP contribution in [0.15, 0.2) is 35.0 Å². The quantitative estimate of drug-likeness (QED) is 0.516. The van der Waals surface area contributed by atoms with Crippen molar-refractivity contribution >= 4 is 39.3 Å². The predicted molar refractivity (Wildman–Crippen MR) is 106 cm³/mol. The molecule has 0 spiro atoms. The zero-order valence-corrected chi connectivity index (χ0v) is 17.2. The standard InChI is InChI=1S/C19H24BrN3O3/c1-6-14(10-8-9-12(3)4)16-17(20)22-11-15(18(25)26-7-2)23(13(5)24)19(22)21-16/h8-10,15H,3,6-7,11H2,1-2,4-5H3/b9-8-,14-10+. The number of amides is 1. The molecule has 140 valence electrons. The van der Waals surface area contributed by atoms with Crippen molar-refractivity contribution in [2.75, 3.05) is 11.5 Å². The number of nitrogens with zero attached hydrogens (tertiary/aromatic N) is 3. The average molecular weight is 422 g/mol. The second-order valence-electron chi connectivity index (χ2n) is 6.07. The Morgan fingerprint density at radius 1 is 1.38 bits per heavy atom. The Balaban J connectivity index is 2.43. The zero-order chi connectivity index (χ0) is 19.4. The molecule has 0 aliphatic carbocycles. The Hall–Kier alpha value is -2.15. The van der Waals surface area contributed by atoms with Gasteiger partial charge in [0.2, 0.25) is 11.9 Å². The van der Waals surface area contributed by atoms with E-state index in [4.69, 9.17) is 4.74 Å². The molecular weight excluding hydrogens is 398 g/mol. The normalized spacial score (nSPS) is 16.9. The molecular formula is C19H24BrN3O3. The van der Waals surface area contributed by atoms with E-state index in [1.54, 1.807) is 6.92 Å². The summed E-state index contributed by atoms with van der Waals surface area (Å²) in [6.45, 7) is 11.6. The van der Waals surface area contributed by atoms with Gasteiger partial charge in [0.25, 0.3) is 0 Å². The van der Waals surface area contributed by atoms with E-state index in [2.05, 4.69) is 27.5 Å². The number of carbonyl (C=O) groups is 2. The first-order valence-corrected chi connectivity index (χ1v) is 9.36. The van der Waals surface area contributed by atoms with Gasteiger partial charge in [0.05, 0.1) is 13.2 Å². The molecule has 2 rings (SSSR count). The number of fused-ring (bicyclic) bond motifs is 1. The van der Waals surface area contributed by atoms with E-state index in [9.17, 15) is 9.59 Å².